The summed E-state index contributed by atoms with van der Waals surface area (Å²) in [5, 5.41) is 19.4. The lowest BCUT2D eigenvalue weighted by molar-refractivity contribution is 0.364. The third-order valence-corrected chi connectivity index (χ3v) is 4.26. The Bertz CT molecular complexity index is 544. The number of hydrogen-bond acceptors (Lipinski definition) is 3. The van der Waals surface area contributed by atoms with E-state index in [1.54, 1.807) is 12.1 Å². The molecular weight excluding hydrogens is 224 g/mol. The first-order valence-electron chi connectivity index (χ1n) is 6.53. The van der Waals surface area contributed by atoms with Crippen molar-refractivity contribution in [2.75, 3.05) is 0 Å². The smallest absolute Gasteiger partial charge is 0.150 e. The molecule has 0 aromatic heterocycles. The van der Waals surface area contributed by atoms with Gasteiger partial charge in [0.2, 0.25) is 0 Å². The van der Waals surface area contributed by atoms with Gasteiger partial charge in [-0.25, -0.2) is 0 Å². The molecular formula is C15H16N2O. The van der Waals surface area contributed by atoms with Crippen molar-refractivity contribution in [3.8, 4) is 11.8 Å². The zero-order chi connectivity index (χ0) is 12.6. The molecule has 1 saturated carbocycles. The molecule has 1 aliphatic carbocycles. The SMILES string of the molecule is N#C[C@@]12CCC[C@@H]1CCC(c1ccccc1O)=N2. The van der Waals surface area contributed by atoms with Gasteiger partial charge >= 0.3 is 0 Å². The molecule has 18 heavy (non-hydrogen) atoms. The van der Waals surface area contributed by atoms with Gasteiger partial charge < -0.3 is 5.11 Å². The van der Waals surface area contributed by atoms with E-state index in [4.69, 9.17) is 4.99 Å². The van der Waals surface area contributed by atoms with Crippen molar-refractivity contribution in [2.45, 2.75) is 37.6 Å². The number of fused-ring (bicyclic) bond motifs is 1. The van der Waals surface area contributed by atoms with E-state index in [-0.39, 0.29) is 5.75 Å². The number of aliphatic imine (C=N–C) groups is 1. The number of benzene rings is 1. The van der Waals surface area contributed by atoms with Crippen molar-refractivity contribution in [1.82, 2.24) is 0 Å². The number of para-hydroxylation sites is 1. The van der Waals surface area contributed by atoms with Crippen LogP contribution in [0.3, 0.4) is 0 Å². The molecule has 0 bridgehead atoms. The largest absolute Gasteiger partial charge is 0.507 e. The van der Waals surface area contributed by atoms with Crippen LogP contribution in [0.1, 0.15) is 37.7 Å². The predicted octanol–water partition coefficient (Wildman–Crippen LogP) is 3.04. The molecule has 1 aliphatic heterocycles. The van der Waals surface area contributed by atoms with Crippen molar-refractivity contribution in [3.63, 3.8) is 0 Å². The van der Waals surface area contributed by atoms with Gasteiger partial charge in [0.25, 0.3) is 0 Å². The molecule has 0 saturated heterocycles. The quantitative estimate of drug-likeness (QED) is 0.820. The van der Waals surface area contributed by atoms with Crippen LogP contribution in [0.2, 0.25) is 0 Å². The molecule has 1 N–H and O–H groups in total. The summed E-state index contributed by atoms with van der Waals surface area (Å²) in [5.41, 5.74) is 1.17. The van der Waals surface area contributed by atoms with Gasteiger partial charge in [0.15, 0.2) is 0 Å². The van der Waals surface area contributed by atoms with E-state index in [1.807, 2.05) is 12.1 Å². The Hall–Kier alpha value is -1.82. The van der Waals surface area contributed by atoms with E-state index in [2.05, 4.69) is 6.07 Å². The summed E-state index contributed by atoms with van der Waals surface area (Å²) < 4.78 is 0. The van der Waals surface area contributed by atoms with Crippen LogP contribution < -0.4 is 0 Å². The molecule has 2 atom stereocenters. The van der Waals surface area contributed by atoms with Gasteiger partial charge in [-0.05, 0) is 50.2 Å². The Morgan fingerprint density at radius 2 is 2.17 bits per heavy atom. The van der Waals surface area contributed by atoms with Crippen molar-refractivity contribution in [2.24, 2.45) is 10.9 Å². The number of nitriles is 1. The second kappa shape index (κ2) is 4.13. The van der Waals surface area contributed by atoms with Gasteiger partial charge in [-0.15, -0.1) is 0 Å². The minimum atomic E-state index is -0.518. The van der Waals surface area contributed by atoms with E-state index in [0.717, 1.165) is 43.4 Å². The van der Waals surface area contributed by atoms with Crippen LogP contribution in [-0.2, 0) is 0 Å². The van der Waals surface area contributed by atoms with Gasteiger partial charge in [0.05, 0.1) is 6.07 Å². The predicted molar refractivity (Wildman–Crippen MR) is 69.6 cm³/mol. The number of aromatic hydroxyl groups is 1. The average Bonchev–Trinajstić information content (AvgIpc) is 2.82. The Morgan fingerprint density at radius 3 is 2.94 bits per heavy atom. The van der Waals surface area contributed by atoms with Crippen LogP contribution in [0, 0.1) is 17.2 Å². The molecule has 1 aromatic carbocycles. The van der Waals surface area contributed by atoms with Gasteiger partial charge in [-0.2, -0.15) is 5.26 Å². The van der Waals surface area contributed by atoms with Gasteiger partial charge in [0, 0.05) is 11.3 Å². The van der Waals surface area contributed by atoms with Crippen LogP contribution >= 0.6 is 0 Å². The summed E-state index contributed by atoms with van der Waals surface area (Å²) in [6, 6.07) is 9.70. The van der Waals surface area contributed by atoms with E-state index in [1.165, 1.54) is 0 Å². The Morgan fingerprint density at radius 1 is 1.33 bits per heavy atom. The van der Waals surface area contributed by atoms with Crippen molar-refractivity contribution < 1.29 is 5.11 Å². The van der Waals surface area contributed by atoms with Crippen molar-refractivity contribution in [1.29, 1.82) is 5.26 Å². The lowest BCUT2D eigenvalue weighted by Gasteiger charge is -2.30. The molecule has 1 fully saturated rings. The van der Waals surface area contributed by atoms with E-state index in [9.17, 15) is 10.4 Å². The molecule has 0 radical (unpaired) electrons. The molecule has 92 valence electrons. The standard InChI is InChI=1S/C15H16N2O/c16-10-15-9-3-4-11(15)7-8-13(17-15)12-5-1-2-6-14(12)18/h1-2,5-6,11,18H,3-4,7-9H2/t11-,15+/m1/s1. The molecule has 3 rings (SSSR count). The van der Waals surface area contributed by atoms with Gasteiger partial charge in [0.1, 0.15) is 11.3 Å². The second-order valence-corrected chi connectivity index (χ2v) is 5.24. The Balaban J connectivity index is 2.05. The minimum Gasteiger partial charge on any atom is -0.507 e. The summed E-state index contributed by atoms with van der Waals surface area (Å²) in [4.78, 5) is 4.72. The summed E-state index contributed by atoms with van der Waals surface area (Å²) in [6.07, 6.45) is 4.96. The molecule has 3 heteroatoms. The Labute approximate surface area is 107 Å². The summed E-state index contributed by atoms with van der Waals surface area (Å²) in [6.45, 7) is 0. The average molecular weight is 240 g/mol. The van der Waals surface area contributed by atoms with Crippen LogP contribution in [0.5, 0.6) is 5.75 Å². The number of phenols is 1. The van der Waals surface area contributed by atoms with Crippen molar-refractivity contribution >= 4 is 5.71 Å². The van der Waals surface area contributed by atoms with Crippen molar-refractivity contribution in [3.05, 3.63) is 29.8 Å². The minimum absolute atomic E-state index is 0.265. The fourth-order valence-electron chi connectivity index (χ4n) is 3.28. The highest BCUT2D eigenvalue weighted by atomic mass is 16.3. The zero-order valence-corrected chi connectivity index (χ0v) is 10.3. The van der Waals surface area contributed by atoms with Crippen LogP contribution in [0.15, 0.2) is 29.3 Å². The molecule has 0 spiro atoms. The zero-order valence-electron chi connectivity index (χ0n) is 10.3. The molecule has 1 heterocycles. The highest BCUT2D eigenvalue weighted by Gasteiger charge is 2.45. The lowest BCUT2D eigenvalue weighted by atomic mass is 9.81. The molecule has 0 amide bonds. The lowest BCUT2D eigenvalue weighted by Crippen LogP contribution is -2.35. The summed E-state index contributed by atoms with van der Waals surface area (Å²) in [7, 11) is 0. The third kappa shape index (κ3) is 1.60. The van der Waals surface area contributed by atoms with Crippen LogP contribution in [0.25, 0.3) is 0 Å². The first-order valence-corrected chi connectivity index (χ1v) is 6.53. The number of hydrogen-bond donors (Lipinski definition) is 1. The number of phenolic OH excluding ortho intramolecular Hbond substituents is 1. The van der Waals surface area contributed by atoms with Crippen LogP contribution in [0.4, 0.5) is 0 Å². The Kier molecular flexibility index (Phi) is 2.59. The maximum absolute atomic E-state index is 9.90. The number of rotatable bonds is 1. The van der Waals surface area contributed by atoms with Crippen LogP contribution in [-0.4, -0.2) is 16.4 Å². The van der Waals surface area contributed by atoms with E-state index < -0.39 is 5.54 Å². The topological polar surface area (TPSA) is 56.4 Å². The third-order valence-electron chi connectivity index (χ3n) is 4.26. The van der Waals surface area contributed by atoms with E-state index in [0.29, 0.717) is 5.92 Å². The fraction of sp³-hybridized carbons (Fsp3) is 0.467. The maximum Gasteiger partial charge on any atom is 0.150 e. The highest BCUT2D eigenvalue weighted by Crippen LogP contribution is 2.45. The first-order chi connectivity index (χ1) is 8.75. The first kappa shape index (κ1) is 11.3. The monoisotopic (exact) mass is 240 g/mol. The second-order valence-electron chi connectivity index (χ2n) is 5.24. The summed E-state index contributed by atoms with van der Waals surface area (Å²) in [5.74, 6) is 0.679. The molecule has 3 nitrogen and oxygen atoms in total. The normalized spacial score (nSPS) is 30.4. The molecule has 2 aliphatic rings. The number of nitrogens with zero attached hydrogens (tertiary/aromatic N) is 2. The van der Waals surface area contributed by atoms with E-state index >= 15 is 0 Å². The van der Waals surface area contributed by atoms with Gasteiger partial charge in [-0.3, -0.25) is 4.99 Å². The maximum atomic E-state index is 9.90. The molecule has 1 aromatic rings. The van der Waals surface area contributed by atoms with Gasteiger partial charge in [-0.1, -0.05) is 12.1 Å². The fourth-order valence-corrected chi connectivity index (χ4v) is 3.28. The molecule has 0 unspecified atom stereocenters. The highest BCUT2D eigenvalue weighted by molar-refractivity contribution is 6.03. The summed E-state index contributed by atoms with van der Waals surface area (Å²) >= 11 is 0.